The SMILES string of the molecule is CCCCCCc1ccc(-c2ccc(/C=C/C(=O)OCC)cc2OCCC[Si](OC)(OC)OC)cc1. The van der Waals surface area contributed by atoms with Gasteiger partial charge in [-0.1, -0.05) is 62.6 Å². The molecule has 0 bridgehead atoms. The van der Waals surface area contributed by atoms with Crippen molar-refractivity contribution in [3.05, 3.63) is 59.7 Å². The molecule has 0 aliphatic carbocycles. The Morgan fingerprint density at radius 1 is 0.889 bits per heavy atom. The first-order chi connectivity index (χ1) is 17.5. The zero-order valence-corrected chi connectivity index (χ0v) is 23.5. The second-order valence-corrected chi connectivity index (χ2v) is 11.7. The van der Waals surface area contributed by atoms with Gasteiger partial charge in [-0.2, -0.15) is 0 Å². The normalized spacial score (nSPS) is 11.7. The molecule has 36 heavy (non-hydrogen) atoms. The average molecular weight is 515 g/mol. The van der Waals surface area contributed by atoms with Gasteiger partial charge in [-0.25, -0.2) is 4.79 Å². The van der Waals surface area contributed by atoms with Crippen LogP contribution in [-0.2, 0) is 29.2 Å². The number of aryl methyl sites for hydroxylation is 1. The highest BCUT2D eigenvalue weighted by Gasteiger charge is 2.36. The van der Waals surface area contributed by atoms with E-state index in [-0.39, 0.29) is 5.97 Å². The van der Waals surface area contributed by atoms with E-state index in [4.69, 9.17) is 22.8 Å². The minimum Gasteiger partial charge on any atom is -0.493 e. The van der Waals surface area contributed by atoms with Crippen molar-refractivity contribution in [2.45, 2.75) is 58.4 Å². The summed E-state index contributed by atoms with van der Waals surface area (Å²) in [7, 11) is 2.21. The monoisotopic (exact) mass is 514 g/mol. The van der Waals surface area contributed by atoms with Crippen LogP contribution in [0.1, 0.15) is 57.1 Å². The van der Waals surface area contributed by atoms with E-state index in [1.54, 1.807) is 34.3 Å². The summed E-state index contributed by atoms with van der Waals surface area (Å²) in [4.78, 5) is 11.8. The number of hydrogen-bond acceptors (Lipinski definition) is 6. The third kappa shape index (κ3) is 9.54. The van der Waals surface area contributed by atoms with Crippen molar-refractivity contribution in [3.63, 3.8) is 0 Å². The maximum Gasteiger partial charge on any atom is 0.500 e. The highest BCUT2D eigenvalue weighted by atomic mass is 28.4. The molecule has 0 saturated heterocycles. The number of hydrogen-bond donors (Lipinski definition) is 0. The van der Waals surface area contributed by atoms with Crippen LogP contribution in [0.3, 0.4) is 0 Å². The Balaban J connectivity index is 2.18. The fourth-order valence-electron chi connectivity index (χ4n) is 3.99. The van der Waals surface area contributed by atoms with Gasteiger partial charge < -0.3 is 22.8 Å². The first-order valence-corrected chi connectivity index (χ1v) is 14.8. The molecule has 198 valence electrons. The van der Waals surface area contributed by atoms with Crippen LogP contribution >= 0.6 is 0 Å². The number of carbonyl (C=O) groups excluding carboxylic acids is 1. The van der Waals surface area contributed by atoms with Crippen LogP contribution in [-0.4, -0.2) is 49.3 Å². The molecule has 0 heterocycles. The standard InChI is InChI=1S/C29H42O6Si/c1-6-8-9-10-12-24-13-17-26(18-14-24)27-19-15-25(16-20-29(30)34-7-2)23-28(27)35-21-11-22-36(31-3,32-4)33-5/h13-20,23H,6-12,21-22H2,1-5H3/b20-16+. The Morgan fingerprint density at radius 3 is 2.25 bits per heavy atom. The lowest BCUT2D eigenvalue weighted by atomic mass is 9.99. The van der Waals surface area contributed by atoms with E-state index >= 15 is 0 Å². The van der Waals surface area contributed by atoms with Crippen LogP contribution in [0.15, 0.2) is 48.5 Å². The number of carbonyl (C=O) groups is 1. The second-order valence-electron chi connectivity index (χ2n) is 8.60. The minimum absolute atomic E-state index is 0.348. The first-order valence-electron chi connectivity index (χ1n) is 12.9. The Morgan fingerprint density at radius 2 is 1.61 bits per heavy atom. The third-order valence-corrected chi connectivity index (χ3v) is 8.94. The van der Waals surface area contributed by atoms with Gasteiger partial charge in [0.15, 0.2) is 0 Å². The molecule has 0 radical (unpaired) electrons. The fourth-order valence-corrected chi connectivity index (χ4v) is 5.68. The molecule has 0 saturated carbocycles. The van der Waals surface area contributed by atoms with Gasteiger partial charge in [0.05, 0.1) is 13.2 Å². The van der Waals surface area contributed by atoms with Gasteiger partial charge in [0.1, 0.15) is 5.75 Å². The lowest BCUT2D eigenvalue weighted by Crippen LogP contribution is -2.42. The van der Waals surface area contributed by atoms with E-state index in [2.05, 4.69) is 31.2 Å². The van der Waals surface area contributed by atoms with Crippen molar-refractivity contribution in [2.24, 2.45) is 0 Å². The lowest BCUT2D eigenvalue weighted by Gasteiger charge is -2.24. The van der Waals surface area contributed by atoms with Crippen molar-refractivity contribution in [1.29, 1.82) is 0 Å². The molecular formula is C29H42O6Si. The van der Waals surface area contributed by atoms with Gasteiger partial charge in [0, 0.05) is 39.0 Å². The lowest BCUT2D eigenvalue weighted by molar-refractivity contribution is -0.137. The van der Waals surface area contributed by atoms with Crippen LogP contribution in [0, 0.1) is 0 Å². The molecule has 2 aromatic rings. The quantitative estimate of drug-likeness (QED) is 0.101. The van der Waals surface area contributed by atoms with Gasteiger partial charge >= 0.3 is 14.8 Å². The molecule has 0 aromatic heterocycles. The van der Waals surface area contributed by atoms with Crippen LogP contribution in [0.4, 0.5) is 0 Å². The zero-order valence-electron chi connectivity index (χ0n) is 22.5. The van der Waals surface area contributed by atoms with E-state index in [0.29, 0.717) is 19.3 Å². The van der Waals surface area contributed by atoms with Crippen molar-refractivity contribution in [1.82, 2.24) is 0 Å². The number of rotatable bonds is 17. The molecule has 0 unspecified atom stereocenters. The van der Waals surface area contributed by atoms with Gasteiger partial charge in [0.25, 0.3) is 0 Å². The van der Waals surface area contributed by atoms with Crippen molar-refractivity contribution < 1.29 is 27.5 Å². The smallest absolute Gasteiger partial charge is 0.493 e. The molecular weight excluding hydrogens is 472 g/mol. The number of unbranched alkanes of at least 4 members (excludes halogenated alkanes) is 3. The predicted molar refractivity (Wildman–Crippen MR) is 147 cm³/mol. The average Bonchev–Trinajstić information content (AvgIpc) is 2.91. The van der Waals surface area contributed by atoms with Crippen LogP contribution in [0.5, 0.6) is 5.75 Å². The van der Waals surface area contributed by atoms with E-state index in [1.165, 1.54) is 37.3 Å². The van der Waals surface area contributed by atoms with E-state index in [1.807, 2.05) is 18.2 Å². The molecule has 6 nitrogen and oxygen atoms in total. The molecule has 0 atom stereocenters. The molecule has 0 N–H and O–H groups in total. The Kier molecular flexibility index (Phi) is 13.5. The molecule has 2 rings (SSSR count). The molecule has 0 aliphatic heterocycles. The van der Waals surface area contributed by atoms with E-state index in [0.717, 1.165) is 35.3 Å². The number of ether oxygens (including phenoxy) is 2. The summed E-state index contributed by atoms with van der Waals surface area (Å²) in [5.41, 5.74) is 4.32. The molecule has 0 spiro atoms. The summed E-state index contributed by atoms with van der Waals surface area (Å²) in [5, 5.41) is 0. The minimum atomic E-state index is -2.64. The summed E-state index contributed by atoms with van der Waals surface area (Å²) < 4.78 is 27.8. The van der Waals surface area contributed by atoms with Crippen molar-refractivity contribution in [3.8, 4) is 16.9 Å². The van der Waals surface area contributed by atoms with E-state index in [9.17, 15) is 4.79 Å². The third-order valence-electron chi connectivity index (χ3n) is 6.11. The van der Waals surface area contributed by atoms with Gasteiger partial charge in [-0.3, -0.25) is 0 Å². The molecule has 7 heteroatoms. The number of esters is 1. The Labute approximate surface area is 217 Å². The Hall–Kier alpha value is -2.45. The summed E-state index contributed by atoms with van der Waals surface area (Å²) >= 11 is 0. The summed E-state index contributed by atoms with van der Waals surface area (Å²) in [6.45, 7) is 4.85. The van der Waals surface area contributed by atoms with Gasteiger partial charge in [0.2, 0.25) is 0 Å². The van der Waals surface area contributed by atoms with Crippen LogP contribution in [0.2, 0.25) is 6.04 Å². The van der Waals surface area contributed by atoms with E-state index < -0.39 is 8.80 Å². The molecule has 0 aliphatic rings. The largest absolute Gasteiger partial charge is 0.500 e. The van der Waals surface area contributed by atoms with Crippen molar-refractivity contribution >= 4 is 20.8 Å². The van der Waals surface area contributed by atoms with Gasteiger partial charge in [-0.15, -0.1) is 0 Å². The summed E-state index contributed by atoms with van der Waals surface area (Å²) in [5.74, 6) is 0.398. The molecule has 0 amide bonds. The maximum absolute atomic E-state index is 11.8. The fraction of sp³-hybridized carbons (Fsp3) is 0.483. The maximum atomic E-state index is 11.8. The predicted octanol–water partition coefficient (Wildman–Crippen LogP) is 6.70. The highest BCUT2D eigenvalue weighted by molar-refractivity contribution is 6.60. The molecule has 2 aromatic carbocycles. The van der Waals surface area contributed by atoms with Crippen LogP contribution in [0.25, 0.3) is 17.2 Å². The first kappa shape index (κ1) is 29.8. The van der Waals surface area contributed by atoms with Crippen molar-refractivity contribution in [2.75, 3.05) is 34.5 Å². The number of benzene rings is 2. The van der Waals surface area contributed by atoms with Crippen LogP contribution < -0.4 is 4.74 Å². The summed E-state index contributed by atoms with van der Waals surface area (Å²) in [6, 6.07) is 15.3. The zero-order chi connectivity index (χ0) is 26.2. The topological polar surface area (TPSA) is 63.2 Å². The second kappa shape index (κ2) is 16.3. The summed E-state index contributed by atoms with van der Waals surface area (Å²) in [6.07, 6.45) is 10.0. The Bertz CT molecular complexity index is 929. The van der Waals surface area contributed by atoms with Gasteiger partial charge in [-0.05, 0) is 55.0 Å². The highest BCUT2D eigenvalue weighted by Crippen LogP contribution is 2.32. The molecule has 0 fully saturated rings.